The van der Waals surface area contributed by atoms with E-state index in [-0.39, 0.29) is 17.6 Å². The van der Waals surface area contributed by atoms with Gasteiger partial charge in [-0.05, 0) is 54.8 Å². The van der Waals surface area contributed by atoms with E-state index in [0.717, 1.165) is 40.8 Å². The number of carbonyl (C=O) groups excluding carboxylic acids is 1. The number of amides is 1. The molecular weight excluding hydrogens is 409 g/mol. The Balaban J connectivity index is 1.28. The van der Waals surface area contributed by atoms with E-state index in [4.69, 9.17) is 9.15 Å². The third-order valence-corrected chi connectivity index (χ3v) is 5.98. The molecule has 0 radical (unpaired) electrons. The van der Waals surface area contributed by atoms with E-state index < -0.39 is 0 Å². The van der Waals surface area contributed by atoms with Gasteiger partial charge in [0.05, 0.1) is 19.2 Å². The molecule has 2 aromatic carbocycles. The molecule has 1 aliphatic rings. The van der Waals surface area contributed by atoms with Gasteiger partial charge in [-0.15, -0.1) is 0 Å². The van der Waals surface area contributed by atoms with Gasteiger partial charge in [-0.2, -0.15) is 0 Å². The molecule has 32 heavy (non-hydrogen) atoms. The number of likely N-dealkylation sites (tertiary alicyclic amines) is 1. The van der Waals surface area contributed by atoms with Crippen LogP contribution in [0.3, 0.4) is 0 Å². The zero-order chi connectivity index (χ0) is 22.1. The summed E-state index contributed by atoms with van der Waals surface area (Å²) in [5.74, 6) is 1.92. The van der Waals surface area contributed by atoms with E-state index in [2.05, 4.69) is 9.97 Å². The summed E-state index contributed by atoms with van der Waals surface area (Å²) < 4.78 is 24.4. The second-order valence-corrected chi connectivity index (χ2v) is 8.19. The lowest BCUT2D eigenvalue weighted by Gasteiger charge is -2.31. The average molecular weight is 433 g/mol. The van der Waals surface area contributed by atoms with E-state index in [0.29, 0.717) is 31.1 Å². The van der Waals surface area contributed by atoms with Crippen LogP contribution in [0.2, 0.25) is 0 Å². The molecule has 0 aliphatic carbocycles. The molecule has 1 aliphatic heterocycles. The molecular formula is C25H24FN3O3. The fraction of sp³-hybridized carbons (Fsp3) is 0.280. The lowest BCUT2D eigenvalue weighted by Crippen LogP contribution is -2.39. The number of carbonyl (C=O) groups is 1. The van der Waals surface area contributed by atoms with Gasteiger partial charge in [0.1, 0.15) is 23.0 Å². The number of oxazole rings is 1. The van der Waals surface area contributed by atoms with Crippen LogP contribution < -0.4 is 4.74 Å². The van der Waals surface area contributed by atoms with Crippen molar-refractivity contribution in [3.63, 3.8) is 0 Å². The van der Waals surface area contributed by atoms with E-state index in [1.165, 1.54) is 12.1 Å². The van der Waals surface area contributed by atoms with Crippen LogP contribution in [0.4, 0.5) is 4.39 Å². The quantitative estimate of drug-likeness (QED) is 0.485. The van der Waals surface area contributed by atoms with Crippen LogP contribution in [0.5, 0.6) is 5.75 Å². The number of nitrogens with one attached hydrogen (secondary N) is 1. The number of ether oxygens (including phenoxy) is 1. The Morgan fingerprint density at radius 2 is 2.09 bits per heavy atom. The summed E-state index contributed by atoms with van der Waals surface area (Å²) >= 11 is 0. The van der Waals surface area contributed by atoms with E-state index >= 15 is 0 Å². The summed E-state index contributed by atoms with van der Waals surface area (Å²) in [5.41, 5.74) is 2.43. The molecule has 1 unspecified atom stereocenters. The van der Waals surface area contributed by atoms with Crippen LogP contribution in [0.15, 0.2) is 59.1 Å². The van der Waals surface area contributed by atoms with Crippen molar-refractivity contribution in [1.29, 1.82) is 0 Å². The van der Waals surface area contributed by atoms with Crippen molar-refractivity contribution in [3.05, 3.63) is 83.5 Å². The number of halogens is 1. The molecule has 1 saturated heterocycles. The molecule has 164 valence electrons. The molecule has 1 atom stereocenters. The van der Waals surface area contributed by atoms with Gasteiger partial charge in [0, 0.05) is 30.4 Å². The second kappa shape index (κ2) is 8.49. The number of piperidine rings is 1. The minimum absolute atomic E-state index is 0.0250. The Kier molecular flexibility index (Phi) is 5.39. The van der Waals surface area contributed by atoms with Gasteiger partial charge in [-0.1, -0.05) is 12.1 Å². The third-order valence-electron chi connectivity index (χ3n) is 5.98. The standard InChI is InChI=1S/C25H24FN3O3/c1-31-20-8-9-22-18(12-20)13-23(28-22)25(30)29-10-2-3-17(15-29)24-27-14-21(32-24)11-16-4-6-19(26)7-5-16/h4-9,12-14,17,28H,2-3,10-11,15H2,1H3. The number of aromatic nitrogens is 2. The fourth-order valence-corrected chi connectivity index (χ4v) is 4.28. The maximum atomic E-state index is 13.2. The molecule has 4 aromatic rings. The Hall–Kier alpha value is -3.61. The second-order valence-electron chi connectivity index (χ2n) is 8.19. The van der Waals surface area contributed by atoms with Gasteiger partial charge in [-0.3, -0.25) is 4.79 Å². The van der Waals surface area contributed by atoms with Crippen LogP contribution >= 0.6 is 0 Å². The maximum Gasteiger partial charge on any atom is 0.270 e. The summed E-state index contributed by atoms with van der Waals surface area (Å²) in [4.78, 5) is 22.7. The van der Waals surface area contributed by atoms with Crippen molar-refractivity contribution >= 4 is 16.8 Å². The molecule has 1 fully saturated rings. The monoisotopic (exact) mass is 433 g/mol. The first-order valence-electron chi connectivity index (χ1n) is 10.7. The predicted octanol–water partition coefficient (Wildman–Crippen LogP) is 4.91. The summed E-state index contributed by atoms with van der Waals surface area (Å²) in [6.07, 6.45) is 4.09. The van der Waals surface area contributed by atoms with Crippen molar-refractivity contribution in [2.24, 2.45) is 0 Å². The van der Waals surface area contributed by atoms with Crippen LogP contribution in [0.1, 0.15) is 46.5 Å². The highest BCUT2D eigenvalue weighted by Gasteiger charge is 2.29. The van der Waals surface area contributed by atoms with Crippen molar-refractivity contribution in [2.45, 2.75) is 25.2 Å². The number of fused-ring (bicyclic) bond motifs is 1. The number of rotatable bonds is 5. The highest BCUT2D eigenvalue weighted by atomic mass is 19.1. The minimum atomic E-state index is -0.256. The Labute approximate surface area is 185 Å². The zero-order valence-electron chi connectivity index (χ0n) is 17.8. The first-order chi connectivity index (χ1) is 15.6. The number of H-pyrrole nitrogens is 1. The van der Waals surface area contributed by atoms with E-state index in [9.17, 15) is 9.18 Å². The van der Waals surface area contributed by atoms with Crippen molar-refractivity contribution in [2.75, 3.05) is 20.2 Å². The van der Waals surface area contributed by atoms with Gasteiger partial charge >= 0.3 is 0 Å². The summed E-state index contributed by atoms with van der Waals surface area (Å²) in [7, 11) is 1.63. The summed E-state index contributed by atoms with van der Waals surface area (Å²) in [6.45, 7) is 1.27. The number of nitrogens with zero attached hydrogens (tertiary/aromatic N) is 2. The number of aromatic amines is 1. The first-order valence-corrected chi connectivity index (χ1v) is 10.7. The highest BCUT2D eigenvalue weighted by Crippen LogP contribution is 2.29. The molecule has 0 bridgehead atoms. The molecule has 3 heterocycles. The lowest BCUT2D eigenvalue weighted by atomic mass is 9.97. The normalized spacial score (nSPS) is 16.4. The van der Waals surface area contributed by atoms with Gasteiger partial charge in [0.2, 0.25) is 0 Å². The zero-order valence-corrected chi connectivity index (χ0v) is 17.8. The summed E-state index contributed by atoms with van der Waals surface area (Å²) in [6, 6.07) is 13.9. The number of hydrogen-bond donors (Lipinski definition) is 1. The molecule has 7 heteroatoms. The van der Waals surface area contributed by atoms with Crippen LogP contribution in [0.25, 0.3) is 10.9 Å². The Morgan fingerprint density at radius 3 is 2.91 bits per heavy atom. The third kappa shape index (κ3) is 4.10. The molecule has 1 amide bonds. The smallest absolute Gasteiger partial charge is 0.270 e. The summed E-state index contributed by atoms with van der Waals surface area (Å²) in [5, 5.41) is 0.944. The Bertz CT molecular complexity index is 1250. The average Bonchev–Trinajstić information content (AvgIpc) is 3.46. The molecule has 0 spiro atoms. The van der Waals surface area contributed by atoms with E-state index in [1.54, 1.807) is 25.4 Å². The van der Waals surface area contributed by atoms with Gasteiger partial charge in [0.15, 0.2) is 5.89 Å². The molecule has 1 N–H and O–H groups in total. The molecule has 6 nitrogen and oxygen atoms in total. The van der Waals surface area contributed by atoms with Gasteiger partial charge < -0.3 is 19.0 Å². The SMILES string of the molecule is COc1ccc2[nH]c(C(=O)N3CCCC(c4ncc(Cc5ccc(F)cc5)o4)C3)cc2c1. The lowest BCUT2D eigenvalue weighted by molar-refractivity contribution is 0.0693. The van der Waals surface area contributed by atoms with Crippen molar-refractivity contribution in [1.82, 2.24) is 14.9 Å². The van der Waals surface area contributed by atoms with Crippen LogP contribution in [0, 0.1) is 5.82 Å². The van der Waals surface area contributed by atoms with E-state index in [1.807, 2.05) is 29.2 Å². The fourth-order valence-electron chi connectivity index (χ4n) is 4.28. The Morgan fingerprint density at radius 1 is 1.25 bits per heavy atom. The number of benzene rings is 2. The van der Waals surface area contributed by atoms with Gasteiger partial charge in [0.25, 0.3) is 5.91 Å². The largest absolute Gasteiger partial charge is 0.497 e. The minimum Gasteiger partial charge on any atom is -0.497 e. The maximum absolute atomic E-state index is 13.2. The molecule has 0 saturated carbocycles. The topological polar surface area (TPSA) is 71.4 Å². The van der Waals surface area contributed by atoms with Crippen LogP contribution in [-0.4, -0.2) is 41.0 Å². The molecule has 2 aromatic heterocycles. The highest BCUT2D eigenvalue weighted by molar-refractivity contribution is 5.98. The molecule has 5 rings (SSSR count). The number of methoxy groups -OCH3 is 1. The predicted molar refractivity (Wildman–Crippen MR) is 118 cm³/mol. The van der Waals surface area contributed by atoms with Crippen LogP contribution in [-0.2, 0) is 6.42 Å². The first kappa shape index (κ1) is 20.3. The van der Waals surface area contributed by atoms with Crippen molar-refractivity contribution in [3.8, 4) is 5.75 Å². The van der Waals surface area contributed by atoms with Crippen molar-refractivity contribution < 1.29 is 18.3 Å². The number of hydrogen-bond acceptors (Lipinski definition) is 4. The van der Waals surface area contributed by atoms with Gasteiger partial charge in [-0.25, -0.2) is 9.37 Å².